The first kappa shape index (κ1) is 22.7. The van der Waals surface area contributed by atoms with Gasteiger partial charge >= 0.3 is 0 Å². The van der Waals surface area contributed by atoms with Gasteiger partial charge in [0.05, 0.1) is 0 Å². The smallest absolute Gasteiger partial charge is 0.220 e. The maximum absolute atomic E-state index is 11.4. The van der Waals surface area contributed by atoms with Crippen LogP contribution >= 0.6 is 24.0 Å². The van der Waals surface area contributed by atoms with Crippen molar-refractivity contribution in [1.82, 2.24) is 15.2 Å². The van der Waals surface area contributed by atoms with Gasteiger partial charge in [0, 0.05) is 57.4 Å². The summed E-state index contributed by atoms with van der Waals surface area (Å²) in [4.78, 5) is 25.1. The van der Waals surface area contributed by atoms with Crippen molar-refractivity contribution < 1.29 is 4.79 Å². The van der Waals surface area contributed by atoms with E-state index in [0.29, 0.717) is 12.0 Å². The first-order valence-corrected chi connectivity index (χ1v) is 9.83. The molecule has 1 aromatic rings. The molecule has 1 aromatic heterocycles. The highest BCUT2D eigenvalue weighted by Gasteiger charge is 2.31. The number of hydrogen-bond acceptors (Lipinski definition) is 4. The second-order valence-electron chi connectivity index (χ2n) is 8.39. The predicted octanol–water partition coefficient (Wildman–Crippen LogP) is 2.21. The average molecular weight is 500 g/mol. The number of pyridine rings is 1. The molecule has 0 saturated carbocycles. The fraction of sp³-hybridized carbons (Fsp3) is 0.650. The molecule has 2 fully saturated rings. The summed E-state index contributed by atoms with van der Waals surface area (Å²) in [5, 5.41) is 3.51. The number of likely N-dealkylation sites (tertiary alicyclic amines) is 1. The van der Waals surface area contributed by atoms with Crippen LogP contribution < -0.4 is 16.0 Å². The van der Waals surface area contributed by atoms with Crippen LogP contribution in [-0.4, -0.2) is 55.0 Å². The van der Waals surface area contributed by atoms with Gasteiger partial charge in [-0.1, -0.05) is 19.9 Å². The van der Waals surface area contributed by atoms with Gasteiger partial charge in [-0.05, 0) is 30.7 Å². The van der Waals surface area contributed by atoms with Gasteiger partial charge in [0.1, 0.15) is 5.82 Å². The molecule has 3 heterocycles. The third-order valence-electron chi connectivity index (χ3n) is 5.69. The molecule has 2 saturated heterocycles. The summed E-state index contributed by atoms with van der Waals surface area (Å²) in [6.07, 6.45) is 4.60. The van der Waals surface area contributed by atoms with Crippen molar-refractivity contribution in [1.29, 1.82) is 0 Å². The zero-order valence-electron chi connectivity index (χ0n) is 17.1. The van der Waals surface area contributed by atoms with E-state index in [-0.39, 0.29) is 35.8 Å². The molecule has 2 aliphatic heterocycles. The largest absolute Gasteiger partial charge is 0.369 e. The van der Waals surface area contributed by atoms with Gasteiger partial charge in [-0.15, -0.1) is 24.0 Å². The van der Waals surface area contributed by atoms with Crippen LogP contribution in [0, 0.1) is 11.3 Å². The minimum Gasteiger partial charge on any atom is -0.369 e. The minimum absolute atomic E-state index is 0. The summed E-state index contributed by atoms with van der Waals surface area (Å²) in [5.74, 6) is 1.74. The zero-order valence-corrected chi connectivity index (χ0v) is 19.5. The number of nitrogens with two attached hydrogens (primary N) is 1. The Morgan fingerprint density at radius 3 is 2.64 bits per heavy atom. The molecule has 2 aliphatic rings. The molecule has 7 nitrogen and oxygen atoms in total. The number of hydrogen-bond donors (Lipinski definition) is 2. The Morgan fingerprint density at radius 1 is 1.36 bits per heavy atom. The highest BCUT2D eigenvalue weighted by Crippen LogP contribution is 2.29. The van der Waals surface area contributed by atoms with E-state index in [1.165, 1.54) is 6.42 Å². The van der Waals surface area contributed by atoms with Crippen LogP contribution in [0.2, 0.25) is 0 Å². The summed E-state index contributed by atoms with van der Waals surface area (Å²) in [6.45, 7) is 8.96. The van der Waals surface area contributed by atoms with Crippen LogP contribution in [0.3, 0.4) is 0 Å². The number of halogens is 1. The van der Waals surface area contributed by atoms with E-state index < -0.39 is 0 Å². The number of anilines is 1. The van der Waals surface area contributed by atoms with Crippen molar-refractivity contribution in [3.63, 3.8) is 0 Å². The number of aliphatic imine (C=N–C) groups is 1. The lowest BCUT2D eigenvalue weighted by Crippen LogP contribution is -2.41. The van der Waals surface area contributed by atoms with Crippen LogP contribution in [0.1, 0.15) is 38.7 Å². The van der Waals surface area contributed by atoms with Crippen molar-refractivity contribution in [2.75, 3.05) is 38.1 Å². The predicted molar refractivity (Wildman–Crippen MR) is 124 cm³/mol. The molecule has 0 unspecified atom stereocenters. The first-order valence-electron chi connectivity index (χ1n) is 9.83. The van der Waals surface area contributed by atoms with E-state index in [1.54, 1.807) is 0 Å². The van der Waals surface area contributed by atoms with Crippen LogP contribution in [0.4, 0.5) is 5.82 Å². The van der Waals surface area contributed by atoms with Gasteiger partial charge in [0.25, 0.3) is 0 Å². The molecule has 28 heavy (non-hydrogen) atoms. The molecule has 1 amide bonds. The normalized spacial score (nSPS) is 20.0. The van der Waals surface area contributed by atoms with Gasteiger partial charge in [-0.3, -0.25) is 9.79 Å². The van der Waals surface area contributed by atoms with E-state index in [2.05, 4.69) is 45.0 Å². The van der Waals surface area contributed by atoms with E-state index in [9.17, 15) is 4.79 Å². The van der Waals surface area contributed by atoms with Crippen LogP contribution in [0.25, 0.3) is 0 Å². The molecule has 0 spiro atoms. The molecule has 0 atom stereocenters. The molecule has 8 heteroatoms. The third kappa shape index (κ3) is 5.48. The second-order valence-corrected chi connectivity index (χ2v) is 8.39. The topological polar surface area (TPSA) is 86.9 Å². The highest BCUT2D eigenvalue weighted by atomic mass is 127. The SMILES string of the molecule is CN=C(NCc1cccnc1N1CCC(C(N)=O)CC1)N1CCC(C)(C)C1.I. The number of nitrogens with zero attached hydrogens (tertiary/aromatic N) is 4. The van der Waals surface area contributed by atoms with Crippen molar-refractivity contribution >= 4 is 41.7 Å². The standard InChI is InChI=1S/C20H32N6O.HI/c1-20(2)8-12-26(14-20)19(22-3)24-13-16-5-4-9-23-18(16)25-10-6-15(7-11-25)17(21)27;/h4-5,9,15H,6-8,10-14H2,1-3H3,(H2,21,27)(H,22,24);1H. The van der Waals surface area contributed by atoms with Crippen LogP contribution in [0.5, 0.6) is 0 Å². The Morgan fingerprint density at radius 2 is 2.07 bits per heavy atom. The van der Waals surface area contributed by atoms with Gasteiger partial charge in [0.2, 0.25) is 5.91 Å². The number of amides is 1. The second kappa shape index (κ2) is 9.76. The lowest BCUT2D eigenvalue weighted by molar-refractivity contribution is -0.122. The van der Waals surface area contributed by atoms with Crippen molar-refractivity contribution in [3.05, 3.63) is 23.9 Å². The maximum atomic E-state index is 11.4. The number of aromatic nitrogens is 1. The Labute approximate surface area is 185 Å². The van der Waals surface area contributed by atoms with Gasteiger partial charge < -0.3 is 20.9 Å². The zero-order chi connectivity index (χ0) is 19.4. The van der Waals surface area contributed by atoms with E-state index in [0.717, 1.165) is 56.4 Å². The van der Waals surface area contributed by atoms with Crippen LogP contribution in [0.15, 0.2) is 23.3 Å². The molecule has 0 bridgehead atoms. The summed E-state index contributed by atoms with van der Waals surface area (Å²) >= 11 is 0. The number of primary amides is 1. The first-order chi connectivity index (χ1) is 12.9. The van der Waals surface area contributed by atoms with Crippen LogP contribution in [-0.2, 0) is 11.3 Å². The fourth-order valence-electron chi connectivity index (χ4n) is 4.03. The van der Waals surface area contributed by atoms with E-state index >= 15 is 0 Å². The molecule has 3 N–H and O–H groups in total. The molecular weight excluding hydrogens is 467 g/mol. The quantitative estimate of drug-likeness (QED) is 0.376. The monoisotopic (exact) mass is 500 g/mol. The molecule has 0 aromatic carbocycles. The maximum Gasteiger partial charge on any atom is 0.220 e. The highest BCUT2D eigenvalue weighted by molar-refractivity contribution is 14.0. The Hall–Kier alpha value is -1.58. The van der Waals surface area contributed by atoms with Gasteiger partial charge in [-0.2, -0.15) is 0 Å². The van der Waals surface area contributed by atoms with Gasteiger partial charge in [0.15, 0.2) is 5.96 Å². The Kier molecular flexibility index (Phi) is 7.91. The minimum atomic E-state index is -0.185. The van der Waals surface area contributed by atoms with E-state index in [1.807, 2.05) is 19.3 Å². The lowest BCUT2D eigenvalue weighted by atomic mass is 9.93. The Balaban J connectivity index is 0.00000280. The van der Waals surface area contributed by atoms with Crippen molar-refractivity contribution in [3.8, 4) is 0 Å². The number of carbonyl (C=O) groups is 1. The third-order valence-corrected chi connectivity index (χ3v) is 5.69. The summed E-state index contributed by atoms with van der Waals surface area (Å²) in [5.41, 5.74) is 6.94. The number of piperidine rings is 1. The Bertz CT molecular complexity index is 700. The molecule has 0 radical (unpaired) electrons. The number of rotatable bonds is 4. The summed E-state index contributed by atoms with van der Waals surface area (Å²) in [6, 6.07) is 4.08. The van der Waals surface area contributed by atoms with Gasteiger partial charge in [-0.25, -0.2) is 4.98 Å². The fourth-order valence-corrected chi connectivity index (χ4v) is 4.03. The number of guanidine groups is 1. The summed E-state index contributed by atoms with van der Waals surface area (Å²) < 4.78 is 0. The average Bonchev–Trinajstić information content (AvgIpc) is 3.02. The molecule has 0 aliphatic carbocycles. The van der Waals surface area contributed by atoms with E-state index in [4.69, 9.17) is 5.73 Å². The summed E-state index contributed by atoms with van der Waals surface area (Å²) in [7, 11) is 1.84. The van der Waals surface area contributed by atoms with Crippen molar-refractivity contribution in [2.45, 2.75) is 39.7 Å². The number of nitrogens with one attached hydrogen (secondary N) is 1. The molecule has 3 rings (SSSR count). The lowest BCUT2D eigenvalue weighted by Gasteiger charge is -2.33. The number of carbonyl (C=O) groups excluding carboxylic acids is 1. The van der Waals surface area contributed by atoms with Crippen molar-refractivity contribution in [2.24, 2.45) is 22.1 Å². The molecule has 156 valence electrons. The molecular formula is C20H33IN6O.